The lowest BCUT2D eigenvalue weighted by Gasteiger charge is -2.19. The van der Waals surface area contributed by atoms with Gasteiger partial charge in [-0.15, -0.1) is 0 Å². The van der Waals surface area contributed by atoms with Gasteiger partial charge in [-0.05, 0) is 40.8 Å². The molecule has 7 heteroatoms. The van der Waals surface area contributed by atoms with E-state index in [9.17, 15) is 22.8 Å². The summed E-state index contributed by atoms with van der Waals surface area (Å²) >= 11 is 0. The second-order valence-electron chi connectivity index (χ2n) is 7.16. The molecule has 2 N–H and O–H groups in total. The van der Waals surface area contributed by atoms with Crippen LogP contribution >= 0.6 is 0 Å². The van der Waals surface area contributed by atoms with Gasteiger partial charge in [-0.3, -0.25) is 9.59 Å². The van der Waals surface area contributed by atoms with Gasteiger partial charge in [-0.1, -0.05) is 45.0 Å². The van der Waals surface area contributed by atoms with E-state index in [-0.39, 0.29) is 17.9 Å². The van der Waals surface area contributed by atoms with E-state index in [0.29, 0.717) is 16.8 Å². The molecular formula is C20H21F3N2O2. The molecule has 0 aromatic heterocycles. The van der Waals surface area contributed by atoms with Crippen molar-refractivity contribution in [3.8, 4) is 0 Å². The molecule has 0 saturated heterocycles. The number of amides is 2. The van der Waals surface area contributed by atoms with Crippen LogP contribution in [0.25, 0.3) is 0 Å². The molecule has 27 heavy (non-hydrogen) atoms. The largest absolute Gasteiger partial charge is 0.471 e. The van der Waals surface area contributed by atoms with Gasteiger partial charge in [0.05, 0.1) is 0 Å². The number of anilines is 1. The minimum atomic E-state index is -4.93. The maximum atomic E-state index is 12.4. The molecule has 0 saturated carbocycles. The van der Waals surface area contributed by atoms with E-state index in [0.717, 1.165) is 5.56 Å². The quantitative estimate of drug-likeness (QED) is 0.828. The molecule has 2 rings (SSSR count). The molecule has 0 heterocycles. The molecule has 2 aromatic rings. The van der Waals surface area contributed by atoms with E-state index in [4.69, 9.17) is 0 Å². The van der Waals surface area contributed by atoms with Gasteiger partial charge in [0.1, 0.15) is 0 Å². The molecule has 0 radical (unpaired) electrons. The minimum absolute atomic E-state index is 0.0236. The Morgan fingerprint density at radius 3 is 2.15 bits per heavy atom. The fraction of sp³-hybridized carbons (Fsp3) is 0.300. The number of carbonyl (C=O) groups is 2. The summed E-state index contributed by atoms with van der Waals surface area (Å²) < 4.78 is 36.7. The van der Waals surface area contributed by atoms with Gasteiger partial charge in [0.15, 0.2) is 0 Å². The van der Waals surface area contributed by atoms with E-state index < -0.39 is 12.1 Å². The van der Waals surface area contributed by atoms with Crippen molar-refractivity contribution in [2.45, 2.75) is 38.9 Å². The number of carbonyl (C=O) groups excluding carboxylic acids is 2. The third-order valence-corrected chi connectivity index (χ3v) is 3.91. The Labute approximate surface area is 155 Å². The molecule has 0 bridgehead atoms. The van der Waals surface area contributed by atoms with Crippen molar-refractivity contribution in [2.24, 2.45) is 0 Å². The molecule has 2 aromatic carbocycles. The summed E-state index contributed by atoms with van der Waals surface area (Å²) in [6.45, 7) is 5.93. The number of benzene rings is 2. The Bertz CT molecular complexity index is 822. The third-order valence-electron chi connectivity index (χ3n) is 3.91. The summed E-state index contributed by atoms with van der Waals surface area (Å²) in [7, 11) is 0. The van der Waals surface area contributed by atoms with Crippen LogP contribution in [0.2, 0.25) is 0 Å². The van der Waals surface area contributed by atoms with Crippen molar-refractivity contribution in [1.29, 1.82) is 0 Å². The molecule has 144 valence electrons. The highest BCUT2D eigenvalue weighted by atomic mass is 19.4. The Balaban J connectivity index is 2.03. The number of hydrogen-bond donors (Lipinski definition) is 2. The highest BCUT2D eigenvalue weighted by molar-refractivity contribution is 6.04. The fourth-order valence-corrected chi connectivity index (χ4v) is 2.37. The van der Waals surface area contributed by atoms with Crippen LogP contribution in [0.4, 0.5) is 18.9 Å². The molecule has 2 amide bonds. The molecule has 0 fully saturated rings. The van der Waals surface area contributed by atoms with Crippen molar-refractivity contribution < 1.29 is 22.8 Å². The zero-order valence-electron chi connectivity index (χ0n) is 15.3. The van der Waals surface area contributed by atoms with Crippen LogP contribution in [-0.4, -0.2) is 18.0 Å². The first-order valence-corrected chi connectivity index (χ1v) is 8.33. The lowest BCUT2D eigenvalue weighted by atomic mass is 9.87. The predicted molar refractivity (Wildman–Crippen MR) is 97.4 cm³/mol. The van der Waals surface area contributed by atoms with Crippen LogP contribution in [0.1, 0.15) is 42.3 Å². The maximum absolute atomic E-state index is 12.4. The van der Waals surface area contributed by atoms with E-state index in [1.807, 2.05) is 12.1 Å². The SMILES string of the molecule is CC(C)(C)c1ccc(C(=O)Nc2cccc(CNC(=O)C(F)(F)F)c2)cc1. The number of alkyl halides is 3. The number of rotatable bonds is 4. The maximum Gasteiger partial charge on any atom is 0.471 e. The van der Waals surface area contributed by atoms with E-state index in [2.05, 4.69) is 26.1 Å². The summed E-state index contributed by atoms with van der Waals surface area (Å²) in [6.07, 6.45) is -4.93. The first kappa shape index (κ1) is 20.5. The van der Waals surface area contributed by atoms with E-state index in [1.54, 1.807) is 35.6 Å². The van der Waals surface area contributed by atoms with Gasteiger partial charge in [0.2, 0.25) is 0 Å². The minimum Gasteiger partial charge on any atom is -0.344 e. The zero-order chi connectivity index (χ0) is 20.2. The average Bonchev–Trinajstić information content (AvgIpc) is 2.58. The van der Waals surface area contributed by atoms with Crippen LogP contribution in [0, 0.1) is 0 Å². The van der Waals surface area contributed by atoms with Gasteiger partial charge < -0.3 is 10.6 Å². The Morgan fingerprint density at radius 1 is 0.963 bits per heavy atom. The van der Waals surface area contributed by atoms with Crippen LogP contribution in [0.3, 0.4) is 0 Å². The Morgan fingerprint density at radius 2 is 1.59 bits per heavy atom. The second-order valence-corrected chi connectivity index (χ2v) is 7.16. The van der Waals surface area contributed by atoms with Crippen molar-refractivity contribution in [3.63, 3.8) is 0 Å². The average molecular weight is 378 g/mol. The molecule has 0 aliphatic rings. The van der Waals surface area contributed by atoms with Gasteiger partial charge in [-0.25, -0.2) is 0 Å². The van der Waals surface area contributed by atoms with Crippen LogP contribution in [0.15, 0.2) is 48.5 Å². The second kappa shape index (κ2) is 7.82. The highest BCUT2D eigenvalue weighted by Gasteiger charge is 2.38. The molecule has 0 atom stereocenters. The third kappa shape index (κ3) is 5.84. The van der Waals surface area contributed by atoms with Gasteiger partial charge >= 0.3 is 12.1 Å². The zero-order valence-corrected chi connectivity index (χ0v) is 15.3. The molecule has 0 spiro atoms. The van der Waals surface area contributed by atoms with Crippen molar-refractivity contribution in [2.75, 3.05) is 5.32 Å². The predicted octanol–water partition coefficient (Wildman–Crippen LogP) is 4.41. The highest BCUT2D eigenvalue weighted by Crippen LogP contribution is 2.22. The summed E-state index contributed by atoms with van der Waals surface area (Å²) in [6, 6.07) is 13.5. The summed E-state index contributed by atoms with van der Waals surface area (Å²) in [5.74, 6) is -2.33. The number of halogens is 3. The van der Waals surface area contributed by atoms with Crippen LogP contribution in [-0.2, 0) is 16.8 Å². The monoisotopic (exact) mass is 378 g/mol. The topological polar surface area (TPSA) is 58.2 Å². The van der Waals surface area contributed by atoms with Crippen LogP contribution < -0.4 is 10.6 Å². The van der Waals surface area contributed by atoms with Crippen molar-refractivity contribution in [3.05, 3.63) is 65.2 Å². The van der Waals surface area contributed by atoms with Gasteiger partial charge in [0, 0.05) is 17.8 Å². The molecule has 0 aliphatic carbocycles. The summed E-state index contributed by atoms with van der Waals surface area (Å²) in [4.78, 5) is 23.2. The van der Waals surface area contributed by atoms with Gasteiger partial charge in [-0.2, -0.15) is 13.2 Å². The van der Waals surface area contributed by atoms with Crippen molar-refractivity contribution >= 4 is 17.5 Å². The molecular weight excluding hydrogens is 357 g/mol. The molecule has 4 nitrogen and oxygen atoms in total. The Hall–Kier alpha value is -2.83. The lowest BCUT2D eigenvalue weighted by Crippen LogP contribution is -2.36. The fourth-order valence-electron chi connectivity index (χ4n) is 2.37. The van der Waals surface area contributed by atoms with Crippen LogP contribution in [0.5, 0.6) is 0 Å². The van der Waals surface area contributed by atoms with Crippen molar-refractivity contribution in [1.82, 2.24) is 5.32 Å². The lowest BCUT2D eigenvalue weighted by molar-refractivity contribution is -0.173. The number of nitrogens with one attached hydrogen (secondary N) is 2. The normalized spacial score (nSPS) is 11.8. The Kier molecular flexibility index (Phi) is 5.93. The first-order chi connectivity index (χ1) is 12.5. The summed E-state index contributed by atoms with van der Waals surface area (Å²) in [5, 5.41) is 4.50. The number of hydrogen-bond acceptors (Lipinski definition) is 2. The van der Waals surface area contributed by atoms with E-state index >= 15 is 0 Å². The summed E-state index contributed by atoms with van der Waals surface area (Å²) in [5.41, 5.74) is 2.41. The smallest absolute Gasteiger partial charge is 0.344 e. The standard InChI is InChI=1S/C20H21F3N2O2/c1-19(2,3)15-9-7-14(8-10-15)17(26)25-16-6-4-5-13(11-16)12-24-18(27)20(21,22)23/h4-11H,12H2,1-3H3,(H,24,27)(H,25,26). The van der Waals surface area contributed by atoms with Gasteiger partial charge in [0.25, 0.3) is 5.91 Å². The molecule has 0 unspecified atom stereocenters. The first-order valence-electron chi connectivity index (χ1n) is 8.33. The molecule has 0 aliphatic heterocycles. The van der Waals surface area contributed by atoms with E-state index in [1.165, 1.54) is 6.07 Å².